The SMILES string of the molecule is [2H]c1cccc([2H])c1C(=O)CC. The number of rotatable bonds is 2. The van der Waals surface area contributed by atoms with Crippen molar-refractivity contribution >= 4 is 5.78 Å². The molecule has 0 unspecified atom stereocenters. The molecule has 1 aromatic rings. The molecule has 1 heteroatoms. The second kappa shape index (κ2) is 3.16. The van der Waals surface area contributed by atoms with E-state index >= 15 is 0 Å². The van der Waals surface area contributed by atoms with E-state index in [0.717, 1.165) is 0 Å². The highest BCUT2D eigenvalue weighted by Crippen LogP contribution is 2.01. The van der Waals surface area contributed by atoms with E-state index in [1.807, 2.05) is 0 Å². The third-order valence-electron chi connectivity index (χ3n) is 1.25. The summed E-state index contributed by atoms with van der Waals surface area (Å²) in [6.45, 7) is 1.73. The molecule has 52 valence electrons. The topological polar surface area (TPSA) is 17.1 Å². The first-order valence-electron chi connectivity index (χ1n) is 4.26. The van der Waals surface area contributed by atoms with E-state index in [4.69, 9.17) is 2.74 Å². The van der Waals surface area contributed by atoms with Crippen molar-refractivity contribution in [1.82, 2.24) is 0 Å². The summed E-state index contributed by atoms with van der Waals surface area (Å²) in [7, 11) is 0. The third kappa shape index (κ3) is 1.44. The van der Waals surface area contributed by atoms with Crippen molar-refractivity contribution in [2.75, 3.05) is 0 Å². The summed E-state index contributed by atoms with van der Waals surface area (Å²) in [5, 5.41) is 0. The Morgan fingerprint density at radius 1 is 1.50 bits per heavy atom. The molecule has 0 saturated carbocycles. The average molecular weight is 136 g/mol. The summed E-state index contributed by atoms with van der Waals surface area (Å²) in [4.78, 5) is 11.2. The van der Waals surface area contributed by atoms with E-state index in [1.165, 1.54) is 12.1 Å². The minimum Gasteiger partial charge on any atom is -0.294 e. The molecule has 0 N–H and O–H groups in total. The van der Waals surface area contributed by atoms with Crippen molar-refractivity contribution < 1.29 is 7.54 Å². The van der Waals surface area contributed by atoms with Gasteiger partial charge >= 0.3 is 0 Å². The molecule has 0 bridgehead atoms. The van der Waals surface area contributed by atoms with Gasteiger partial charge in [0.05, 0.1) is 2.74 Å². The van der Waals surface area contributed by atoms with Crippen LogP contribution < -0.4 is 0 Å². The van der Waals surface area contributed by atoms with Crippen molar-refractivity contribution in [2.24, 2.45) is 0 Å². The van der Waals surface area contributed by atoms with Crippen LogP contribution in [0, 0.1) is 0 Å². The highest BCUT2D eigenvalue weighted by Gasteiger charge is 1.98. The van der Waals surface area contributed by atoms with E-state index in [2.05, 4.69) is 0 Å². The van der Waals surface area contributed by atoms with Crippen molar-refractivity contribution in [2.45, 2.75) is 13.3 Å². The van der Waals surface area contributed by atoms with Crippen LogP contribution in [0.15, 0.2) is 30.3 Å². The minimum absolute atomic E-state index is 0.134. The first kappa shape index (κ1) is 4.67. The van der Waals surface area contributed by atoms with Crippen LogP contribution in [0.5, 0.6) is 0 Å². The largest absolute Gasteiger partial charge is 0.294 e. The predicted octanol–water partition coefficient (Wildman–Crippen LogP) is 2.28. The summed E-state index contributed by atoms with van der Waals surface area (Å²) < 4.78 is 14.8. The Hall–Kier alpha value is -1.11. The van der Waals surface area contributed by atoms with Gasteiger partial charge in [-0.1, -0.05) is 37.2 Å². The fraction of sp³-hybridized carbons (Fsp3) is 0.222. The number of benzene rings is 1. The van der Waals surface area contributed by atoms with Gasteiger partial charge in [0, 0.05) is 12.0 Å². The molecule has 0 fully saturated rings. The Kier molecular flexibility index (Phi) is 1.47. The quantitative estimate of drug-likeness (QED) is 0.570. The molecule has 0 heterocycles. The zero-order chi connectivity index (χ0) is 9.14. The van der Waals surface area contributed by atoms with Gasteiger partial charge in [0.2, 0.25) is 0 Å². The second-order valence-corrected chi connectivity index (χ2v) is 1.97. The summed E-state index contributed by atoms with van der Waals surface area (Å²) >= 11 is 0. The van der Waals surface area contributed by atoms with Crippen LogP contribution in [0.1, 0.15) is 26.4 Å². The smallest absolute Gasteiger partial charge is 0.162 e. The lowest BCUT2D eigenvalue weighted by molar-refractivity contribution is 0.0988. The molecular formula is C9H10O. The van der Waals surface area contributed by atoms with Crippen molar-refractivity contribution in [1.29, 1.82) is 0 Å². The van der Waals surface area contributed by atoms with Gasteiger partial charge in [0.1, 0.15) is 0 Å². The Morgan fingerprint density at radius 3 is 2.60 bits per heavy atom. The standard InChI is InChI=1S/C9H10O/c1-2-9(10)8-6-4-3-5-7-8/h3-7H,2H2,1H3/i6D,7D. The van der Waals surface area contributed by atoms with Crippen LogP contribution in [0.3, 0.4) is 0 Å². The van der Waals surface area contributed by atoms with Gasteiger partial charge in [0.15, 0.2) is 5.78 Å². The third-order valence-corrected chi connectivity index (χ3v) is 1.25. The second-order valence-electron chi connectivity index (χ2n) is 1.97. The highest BCUT2D eigenvalue weighted by atomic mass is 16.1. The lowest BCUT2D eigenvalue weighted by Gasteiger charge is -1.93. The molecule has 0 spiro atoms. The van der Waals surface area contributed by atoms with E-state index in [1.54, 1.807) is 13.0 Å². The molecule has 0 amide bonds. The molecule has 10 heavy (non-hydrogen) atoms. The zero-order valence-electron chi connectivity index (χ0n) is 7.85. The minimum atomic E-state index is -0.134. The normalized spacial score (nSPS) is 12.1. The van der Waals surface area contributed by atoms with Crippen molar-refractivity contribution in [3.05, 3.63) is 35.8 Å². The number of hydrogen-bond acceptors (Lipinski definition) is 1. The van der Waals surface area contributed by atoms with Crippen LogP contribution in [0.2, 0.25) is 0 Å². The van der Waals surface area contributed by atoms with Crippen LogP contribution in [0.25, 0.3) is 0 Å². The molecule has 0 aliphatic carbocycles. The number of carbonyl (C=O) groups is 1. The zero-order valence-corrected chi connectivity index (χ0v) is 5.85. The first-order valence-corrected chi connectivity index (χ1v) is 3.26. The van der Waals surface area contributed by atoms with Crippen LogP contribution in [-0.4, -0.2) is 5.78 Å². The fourth-order valence-electron chi connectivity index (χ4n) is 0.690. The van der Waals surface area contributed by atoms with Crippen LogP contribution in [-0.2, 0) is 0 Å². The molecule has 0 aromatic heterocycles. The predicted molar refractivity (Wildman–Crippen MR) is 41.1 cm³/mol. The lowest BCUT2D eigenvalue weighted by atomic mass is 10.1. The van der Waals surface area contributed by atoms with Gasteiger partial charge in [-0.2, -0.15) is 0 Å². The van der Waals surface area contributed by atoms with Gasteiger partial charge in [-0.3, -0.25) is 4.79 Å². The van der Waals surface area contributed by atoms with E-state index in [-0.39, 0.29) is 23.4 Å². The summed E-state index contributed by atoms with van der Waals surface area (Å²) in [5.74, 6) is -0.134. The Labute approximate surface area is 63.5 Å². The van der Waals surface area contributed by atoms with Gasteiger partial charge in [-0.05, 0) is 0 Å². The number of Topliss-reactive ketones (excluding diaryl/α,β-unsaturated/α-hetero) is 1. The van der Waals surface area contributed by atoms with Gasteiger partial charge < -0.3 is 0 Å². The maximum Gasteiger partial charge on any atom is 0.162 e. The molecule has 0 aliphatic rings. The molecule has 0 atom stereocenters. The number of carbonyl (C=O) groups excluding carboxylic acids is 1. The number of hydrogen-bond donors (Lipinski definition) is 0. The summed E-state index contributed by atoms with van der Waals surface area (Å²) in [6.07, 6.45) is 0.349. The fourth-order valence-corrected chi connectivity index (χ4v) is 0.690. The molecule has 0 saturated heterocycles. The maximum absolute atomic E-state index is 11.2. The van der Waals surface area contributed by atoms with Gasteiger partial charge in [-0.25, -0.2) is 0 Å². The highest BCUT2D eigenvalue weighted by molar-refractivity contribution is 5.95. The summed E-state index contributed by atoms with van der Waals surface area (Å²) in [5.41, 5.74) is 0.236. The molecule has 0 aliphatic heterocycles. The van der Waals surface area contributed by atoms with E-state index < -0.39 is 0 Å². The van der Waals surface area contributed by atoms with E-state index in [0.29, 0.717) is 6.42 Å². The van der Waals surface area contributed by atoms with Crippen molar-refractivity contribution in [3.63, 3.8) is 0 Å². The van der Waals surface area contributed by atoms with Gasteiger partial charge in [0.25, 0.3) is 0 Å². The first-order chi connectivity index (χ1) is 5.66. The Morgan fingerprint density at radius 2 is 2.10 bits per heavy atom. The Bertz CT molecular complexity index is 287. The molecule has 0 radical (unpaired) electrons. The molecule has 1 rings (SSSR count). The maximum atomic E-state index is 11.2. The molecule has 1 aromatic carbocycles. The lowest BCUT2D eigenvalue weighted by Crippen LogP contribution is -1.94. The van der Waals surface area contributed by atoms with Crippen molar-refractivity contribution in [3.8, 4) is 0 Å². The monoisotopic (exact) mass is 136 g/mol. The number of ketones is 1. The molecular weight excluding hydrogens is 124 g/mol. The van der Waals surface area contributed by atoms with Gasteiger partial charge in [-0.15, -0.1) is 0 Å². The van der Waals surface area contributed by atoms with Crippen LogP contribution in [0.4, 0.5) is 0 Å². The summed E-state index contributed by atoms with van der Waals surface area (Å²) in [6, 6.07) is 4.96. The Balaban J connectivity index is 3.21. The van der Waals surface area contributed by atoms with E-state index in [9.17, 15) is 4.79 Å². The van der Waals surface area contributed by atoms with Crippen LogP contribution >= 0.6 is 0 Å². The average Bonchev–Trinajstić information content (AvgIpc) is 2.03. The molecule has 1 nitrogen and oxygen atoms in total.